The summed E-state index contributed by atoms with van der Waals surface area (Å²) in [5, 5.41) is 6.55. The zero-order valence-electron chi connectivity index (χ0n) is 13.7. The molecule has 118 valence electrons. The minimum absolute atomic E-state index is 0.0343. The molecule has 5 heteroatoms. The van der Waals surface area contributed by atoms with Crippen LogP contribution in [0.4, 0.5) is 0 Å². The lowest BCUT2D eigenvalue weighted by atomic mass is 9.84. The van der Waals surface area contributed by atoms with E-state index in [9.17, 15) is 0 Å². The summed E-state index contributed by atoms with van der Waals surface area (Å²) in [5.41, 5.74) is 1.19. The summed E-state index contributed by atoms with van der Waals surface area (Å²) in [6.07, 6.45) is 0. The lowest BCUT2D eigenvalue weighted by molar-refractivity contribution is 0.203. The zero-order valence-corrected chi connectivity index (χ0v) is 13.7. The number of ether oxygens (including phenoxy) is 2. The van der Waals surface area contributed by atoms with Crippen molar-refractivity contribution >= 4 is 5.96 Å². The van der Waals surface area contributed by atoms with Crippen LogP contribution < -0.4 is 15.4 Å². The first-order chi connectivity index (χ1) is 10.0. The van der Waals surface area contributed by atoms with Crippen LogP contribution in [-0.2, 0) is 10.2 Å². The van der Waals surface area contributed by atoms with Gasteiger partial charge < -0.3 is 20.1 Å². The van der Waals surface area contributed by atoms with Gasteiger partial charge in [0.25, 0.3) is 0 Å². The average molecular weight is 293 g/mol. The molecule has 0 bridgehead atoms. The van der Waals surface area contributed by atoms with Gasteiger partial charge in [-0.15, -0.1) is 0 Å². The molecule has 0 atom stereocenters. The molecule has 0 fully saturated rings. The van der Waals surface area contributed by atoms with Crippen LogP contribution in [0.25, 0.3) is 0 Å². The highest BCUT2D eigenvalue weighted by molar-refractivity contribution is 5.79. The fourth-order valence-electron chi connectivity index (χ4n) is 1.94. The molecule has 0 unspecified atom stereocenters. The van der Waals surface area contributed by atoms with E-state index in [0.29, 0.717) is 6.61 Å². The van der Waals surface area contributed by atoms with Crippen LogP contribution in [0.15, 0.2) is 29.3 Å². The molecular formula is C16H27N3O2. The van der Waals surface area contributed by atoms with Gasteiger partial charge in [0, 0.05) is 32.7 Å². The van der Waals surface area contributed by atoms with Crippen molar-refractivity contribution in [3.63, 3.8) is 0 Å². The van der Waals surface area contributed by atoms with Crippen LogP contribution in [0, 0.1) is 0 Å². The topological polar surface area (TPSA) is 54.9 Å². The van der Waals surface area contributed by atoms with Gasteiger partial charge in [0.2, 0.25) is 0 Å². The van der Waals surface area contributed by atoms with Gasteiger partial charge in [-0.3, -0.25) is 4.99 Å². The Bertz CT molecular complexity index is 459. The van der Waals surface area contributed by atoms with E-state index >= 15 is 0 Å². The third kappa shape index (κ3) is 5.63. The maximum absolute atomic E-state index is 5.29. The minimum Gasteiger partial charge on any atom is -0.497 e. The fourth-order valence-corrected chi connectivity index (χ4v) is 1.94. The smallest absolute Gasteiger partial charge is 0.191 e. The zero-order chi connectivity index (χ0) is 15.7. The Kier molecular flexibility index (Phi) is 7.02. The molecule has 0 aromatic heterocycles. The van der Waals surface area contributed by atoms with Crippen LogP contribution >= 0.6 is 0 Å². The van der Waals surface area contributed by atoms with E-state index < -0.39 is 0 Å². The van der Waals surface area contributed by atoms with Gasteiger partial charge in [0.1, 0.15) is 5.75 Å². The Morgan fingerprint density at radius 1 is 1.24 bits per heavy atom. The number of benzene rings is 1. The number of rotatable bonds is 7. The molecule has 0 heterocycles. The van der Waals surface area contributed by atoms with Crippen molar-refractivity contribution in [2.24, 2.45) is 4.99 Å². The van der Waals surface area contributed by atoms with E-state index in [1.165, 1.54) is 5.56 Å². The summed E-state index contributed by atoms with van der Waals surface area (Å²) >= 11 is 0. The Hall–Kier alpha value is -1.75. The first kappa shape index (κ1) is 17.3. The van der Waals surface area contributed by atoms with Gasteiger partial charge in [0.15, 0.2) is 5.96 Å². The monoisotopic (exact) mass is 293 g/mol. The second-order valence-corrected chi connectivity index (χ2v) is 5.46. The lowest BCUT2D eigenvalue weighted by Gasteiger charge is -2.27. The summed E-state index contributed by atoms with van der Waals surface area (Å²) in [6.45, 7) is 6.54. The van der Waals surface area contributed by atoms with Crippen molar-refractivity contribution in [3.8, 4) is 5.75 Å². The first-order valence-electron chi connectivity index (χ1n) is 7.11. The average Bonchev–Trinajstić information content (AvgIpc) is 2.50. The maximum Gasteiger partial charge on any atom is 0.191 e. The quantitative estimate of drug-likeness (QED) is 0.457. The van der Waals surface area contributed by atoms with Crippen molar-refractivity contribution < 1.29 is 9.47 Å². The van der Waals surface area contributed by atoms with E-state index in [0.717, 1.165) is 24.8 Å². The van der Waals surface area contributed by atoms with Crippen LogP contribution in [-0.4, -0.2) is 46.9 Å². The second-order valence-electron chi connectivity index (χ2n) is 5.46. The molecule has 5 nitrogen and oxygen atoms in total. The van der Waals surface area contributed by atoms with Gasteiger partial charge in [-0.25, -0.2) is 0 Å². The largest absolute Gasteiger partial charge is 0.497 e. The third-order valence-electron chi connectivity index (χ3n) is 3.37. The molecule has 0 saturated carbocycles. The Labute approximate surface area is 127 Å². The summed E-state index contributed by atoms with van der Waals surface area (Å²) in [7, 11) is 5.14. The third-order valence-corrected chi connectivity index (χ3v) is 3.37. The van der Waals surface area contributed by atoms with Gasteiger partial charge >= 0.3 is 0 Å². The van der Waals surface area contributed by atoms with Gasteiger partial charge in [-0.2, -0.15) is 0 Å². The van der Waals surface area contributed by atoms with Crippen LogP contribution in [0.5, 0.6) is 5.75 Å². The molecule has 1 aromatic carbocycles. The van der Waals surface area contributed by atoms with E-state index in [4.69, 9.17) is 9.47 Å². The number of guanidine groups is 1. The molecule has 0 spiro atoms. The summed E-state index contributed by atoms with van der Waals surface area (Å²) in [5.74, 6) is 1.66. The number of aliphatic imine (C=N–C) groups is 1. The molecule has 21 heavy (non-hydrogen) atoms. The fraction of sp³-hybridized carbons (Fsp3) is 0.562. The normalized spacial score (nSPS) is 12.1. The van der Waals surface area contributed by atoms with Crippen LogP contribution in [0.1, 0.15) is 19.4 Å². The minimum atomic E-state index is -0.0343. The summed E-state index contributed by atoms with van der Waals surface area (Å²) in [6, 6.07) is 8.16. The maximum atomic E-state index is 5.29. The van der Waals surface area contributed by atoms with Crippen molar-refractivity contribution in [2.45, 2.75) is 19.3 Å². The summed E-state index contributed by atoms with van der Waals surface area (Å²) < 4.78 is 10.3. The van der Waals surface area contributed by atoms with Gasteiger partial charge in [0.05, 0.1) is 13.7 Å². The van der Waals surface area contributed by atoms with Gasteiger partial charge in [-0.05, 0) is 17.7 Å². The van der Waals surface area contributed by atoms with Crippen LogP contribution in [0.3, 0.4) is 0 Å². The standard InChI is InChI=1S/C16H27N3O2/c1-16(2,13-7-6-8-14(11-13)21-5)12-19-15(17-3)18-9-10-20-4/h6-8,11H,9-10,12H2,1-5H3,(H2,17,18,19). The molecule has 1 rings (SSSR count). The number of hydrogen-bond donors (Lipinski definition) is 2. The molecule has 1 aromatic rings. The summed E-state index contributed by atoms with van der Waals surface area (Å²) in [4.78, 5) is 4.20. The highest BCUT2D eigenvalue weighted by Crippen LogP contribution is 2.25. The Balaban J connectivity index is 2.62. The predicted octanol–water partition coefficient (Wildman–Crippen LogP) is 1.78. The molecule has 0 amide bonds. The van der Waals surface area contributed by atoms with Crippen molar-refractivity contribution in [3.05, 3.63) is 29.8 Å². The molecular weight excluding hydrogens is 266 g/mol. The van der Waals surface area contributed by atoms with Crippen molar-refractivity contribution in [1.29, 1.82) is 0 Å². The molecule has 2 N–H and O–H groups in total. The first-order valence-corrected chi connectivity index (χ1v) is 7.11. The number of methoxy groups -OCH3 is 2. The second kappa shape index (κ2) is 8.52. The number of nitrogens with one attached hydrogen (secondary N) is 2. The number of nitrogens with zero attached hydrogens (tertiary/aromatic N) is 1. The highest BCUT2D eigenvalue weighted by atomic mass is 16.5. The number of hydrogen-bond acceptors (Lipinski definition) is 3. The van der Waals surface area contributed by atoms with Gasteiger partial charge in [-0.1, -0.05) is 26.0 Å². The van der Waals surface area contributed by atoms with E-state index in [1.54, 1.807) is 21.3 Å². The predicted molar refractivity (Wildman–Crippen MR) is 87.3 cm³/mol. The Morgan fingerprint density at radius 2 is 2.00 bits per heavy atom. The molecule has 0 saturated heterocycles. The van der Waals surface area contributed by atoms with Crippen LogP contribution in [0.2, 0.25) is 0 Å². The SMILES string of the molecule is CN=C(NCCOC)NCC(C)(C)c1cccc(OC)c1. The van der Waals surface area contributed by atoms with Crippen molar-refractivity contribution in [2.75, 3.05) is 41.0 Å². The molecule has 0 aliphatic heterocycles. The van der Waals surface area contributed by atoms with E-state index in [1.807, 2.05) is 12.1 Å². The van der Waals surface area contributed by atoms with E-state index in [-0.39, 0.29) is 5.41 Å². The highest BCUT2D eigenvalue weighted by Gasteiger charge is 2.21. The Morgan fingerprint density at radius 3 is 2.62 bits per heavy atom. The molecule has 0 aliphatic carbocycles. The lowest BCUT2D eigenvalue weighted by Crippen LogP contribution is -2.44. The molecule has 0 radical (unpaired) electrons. The molecule has 0 aliphatic rings. The van der Waals surface area contributed by atoms with Crippen molar-refractivity contribution in [1.82, 2.24) is 10.6 Å². The van der Waals surface area contributed by atoms with E-state index in [2.05, 4.69) is 41.6 Å².